The first-order valence-electron chi connectivity index (χ1n) is 9.37. The van der Waals surface area contributed by atoms with Crippen LogP contribution in [0.4, 0.5) is 5.69 Å². The first kappa shape index (κ1) is 16.8. The fourth-order valence-corrected chi connectivity index (χ4v) is 5.00. The number of hydrogen-bond donors (Lipinski definition) is 1. The molecule has 1 aromatic heterocycles. The lowest BCUT2D eigenvalue weighted by Gasteiger charge is -2.44. The lowest BCUT2D eigenvalue weighted by atomic mass is 9.84. The Bertz CT molecular complexity index is 762. The second kappa shape index (κ2) is 6.92. The molecule has 3 aliphatic heterocycles. The number of hydrogen-bond acceptors (Lipinski definition) is 5. The molecule has 0 saturated carbocycles. The topological polar surface area (TPSA) is 48.5 Å². The van der Waals surface area contributed by atoms with Gasteiger partial charge in [0, 0.05) is 36.7 Å². The van der Waals surface area contributed by atoms with Crippen LogP contribution in [0.1, 0.15) is 36.4 Å². The number of fused-ring (bicyclic) bond motifs is 4. The molecule has 134 valence electrons. The van der Waals surface area contributed by atoms with E-state index in [1.165, 1.54) is 43.2 Å². The molecule has 4 heterocycles. The lowest BCUT2D eigenvalue weighted by molar-refractivity contribution is 0.0623. The van der Waals surface area contributed by atoms with E-state index in [4.69, 9.17) is 0 Å². The lowest BCUT2D eigenvalue weighted by Crippen LogP contribution is -2.57. The van der Waals surface area contributed by atoms with Gasteiger partial charge in [0.05, 0.1) is 5.52 Å². The van der Waals surface area contributed by atoms with E-state index in [0.717, 1.165) is 35.4 Å². The van der Waals surface area contributed by atoms with Crippen LogP contribution >= 0.6 is 11.5 Å². The Morgan fingerprint density at radius 2 is 2.08 bits per heavy atom. The smallest absolute Gasteiger partial charge is 0.263 e. The Labute approximate surface area is 153 Å². The van der Waals surface area contributed by atoms with Gasteiger partial charge in [-0.25, -0.2) is 0 Å². The van der Waals surface area contributed by atoms with Gasteiger partial charge < -0.3 is 15.1 Å². The van der Waals surface area contributed by atoms with Crippen molar-refractivity contribution in [2.75, 3.05) is 37.6 Å². The third kappa shape index (κ3) is 3.13. The van der Waals surface area contributed by atoms with Crippen LogP contribution in [0.5, 0.6) is 0 Å². The maximum atomic E-state index is 12.8. The molecular formula is C19H26N4OS. The van der Waals surface area contributed by atoms with Gasteiger partial charge in [-0.2, -0.15) is 4.37 Å². The number of nitrogens with zero attached hydrogens (tertiary/aromatic N) is 3. The van der Waals surface area contributed by atoms with Crippen molar-refractivity contribution in [2.45, 2.75) is 32.7 Å². The van der Waals surface area contributed by atoms with Crippen LogP contribution in [0.2, 0.25) is 0 Å². The highest BCUT2D eigenvalue weighted by Gasteiger charge is 2.35. The van der Waals surface area contributed by atoms with Gasteiger partial charge in [0.2, 0.25) is 0 Å². The molecule has 2 aromatic rings. The summed E-state index contributed by atoms with van der Waals surface area (Å²) in [7, 11) is 0. The van der Waals surface area contributed by atoms with Gasteiger partial charge in [-0.15, -0.1) is 0 Å². The number of carbonyl (C=O) groups excluding carboxylic acids is 1. The average Bonchev–Trinajstić information content (AvgIpc) is 3.07. The van der Waals surface area contributed by atoms with E-state index < -0.39 is 0 Å². The molecule has 0 unspecified atom stereocenters. The largest absolute Gasteiger partial charge is 0.372 e. The van der Waals surface area contributed by atoms with Crippen molar-refractivity contribution >= 4 is 34.0 Å². The molecule has 0 spiro atoms. The van der Waals surface area contributed by atoms with Crippen LogP contribution in [0, 0.1) is 5.92 Å². The van der Waals surface area contributed by atoms with E-state index in [0.29, 0.717) is 12.0 Å². The summed E-state index contributed by atoms with van der Waals surface area (Å²) in [4.78, 5) is 18.3. The second-order valence-corrected chi connectivity index (χ2v) is 7.88. The zero-order valence-corrected chi connectivity index (χ0v) is 15.8. The van der Waals surface area contributed by atoms with Gasteiger partial charge in [0.15, 0.2) is 0 Å². The molecule has 25 heavy (non-hydrogen) atoms. The minimum Gasteiger partial charge on any atom is -0.372 e. The maximum Gasteiger partial charge on any atom is 0.263 e. The number of nitrogens with one attached hydrogen (secondary N) is 1. The normalized spacial score (nSPS) is 25.3. The number of amides is 1. The number of benzene rings is 1. The standard InChI is InChI=1S/C19H26N4OS/c1-3-23(4-2)14-5-6-15-16(11-14)21-25-18(15)19(24)20-17-12-22-9-7-13(17)8-10-22/h5-6,11,13,17H,3-4,7-10,12H2,1-2H3,(H,20,24)/t17-/m0/s1. The summed E-state index contributed by atoms with van der Waals surface area (Å²) >= 11 is 1.32. The molecule has 1 N–H and O–H groups in total. The first-order chi connectivity index (χ1) is 12.2. The summed E-state index contributed by atoms with van der Waals surface area (Å²) in [6, 6.07) is 6.55. The number of anilines is 1. The molecule has 0 aliphatic carbocycles. The van der Waals surface area contributed by atoms with Gasteiger partial charge in [-0.05, 0) is 75.4 Å². The van der Waals surface area contributed by atoms with Gasteiger partial charge >= 0.3 is 0 Å². The number of rotatable bonds is 5. The monoisotopic (exact) mass is 358 g/mol. The third-order valence-corrected chi connectivity index (χ3v) is 6.64. The van der Waals surface area contributed by atoms with Crippen molar-refractivity contribution in [3.8, 4) is 0 Å². The van der Waals surface area contributed by atoms with Gasteiger partial charge in [-0.1, -0.05) is 0 Å². The minimum atomic E-state index is 0.0434. The molecule has 3 fully saturated rings. The summed E-state index contributed by atoms with van der Waals surface area (Å²) in [5, 5.41) is 4.26. The summed E-state index contributed by atoms with van der Waals surface area (Å²) in [5.41, 5.74) is 2.10. The molecule has 6 heteroatoms. The number of carbonyl (C=O) groups is 1. The second-order valence-electron chi connectivity index (χ2n) is 7.10. The number of aromatic nitrogens is 1. The molecule has 5 nitrogen and oxygen atoms in total. The van der Waals surface area contributed by atoms with Gasteiger partial charge in [-0.3, -0.25) is 4.79 Å². The van der Waals surface area contributed by atoms with E-state index in [-0.39, 0.29) is 5.91 Å². The third-order valence-electron chi connectivity index (χ3n) is 5.77. The van der Waals surface area contributed by atoms with Gasteiger partial charge in [0.1, 0.15) is 4.88 Å². The highest BCUT2D eigenvalue weighted by atomic mass is 32.1. The summed E-state index contributed by atoms with van der Waals surface area (Å²) in [6.07, 6.45) is 2.42. The molecule has 3 aliphatic rings. The van der Waals surface area contributed by atoms with E-state index in [2.05, 4.69) is 51.5 Å². The average molecular weight is 359 g/mol. The van der Waals surface area contributed by atoms with Crippen LogP contribution in [0.25, 0.3) is 10.9 Å². The van der Waals surface area contributed by atoms with Crippen LogP contribution in [0.3, 0.4) is 0 Å². The van der Waals surface area contributed by atoms with Crippen LogP contribution < -0.4 is 10.2 Å². The Morgan fingerprint density at radius 3 is 2.72 bits per heavy atom. The summed E-state index contributed by atoms with van der Waals surface area (Å²) < 4.78 is 4.54. The highest BCUT2D eigenvalue weighted by molar-refractivity contribution is 7.09. The molecule has 3 saturated heterocycles. The highest BCUT2D eigenvalue weighted by Crippen LogP contribution is 2.30. The van der Waals surface area contributed by atoms with E-state index in [9.17, 15) is 4.79 Å². The van der Waals surface area contributed by atoms with Crippen molar-refractivity contribution in [3.63, 3.8) is 0 Å². The van der Waals surface area contributed by atoms with Crippen LogP contribution in [0.15, 0.2) is 18.2 Å². The van der Waals surface area contributed by atoms with Crippen molar-refractivity contribution in [3.05, 3.63) is 23.1 Å². The van der Waals surface area contributed by atoms with Crippen molar-refractivity contribution < 1.29 is 4.79 Å². The Balaban J connectivity index is 1.54. The molecule has 1 atom stereocenters. The fourth-order valence-electron chi connectivity index (χ4n) is 4.24. The first-order valence-corrected chi connectivity index (χ1v) is 10.1. The molecule has 0 radical (unpaired) electrons. The maximum absolute atomic E-state index is 12.8. The SMILES string of the molecule is CCN(CC)c1ccc2c(C(=O)N[C@H]3CN4CCC3CC4)snc2c1. The van der Waals surface area contributed by atoms with Crippen LogP contribution in [-0.4, -0.2) is 53.9 Å². The van der Waals surface area contributed by atoms with Crippen molar-refractivity contribution in [1.82, 2.24) is 14.6 Å². The quantitative estimate of drug-likeness (QED) is 0.893. The van der Waals surface area contributed by atoms with Crippen LogP contribution in [-0.2, 0) is 0 Å². The fraction of sp³-hybridized carbons (Fsp3) is 0.579. The number of piperidine rings is 3. The zero-order valence-electron chi connectivity index (χ0n) is 15.0. The van der Waals surface area contributed by atoms with E-state index in [1.54, 1.807) is 0 Å². The van der Waals surface area contributed by atoms with Crippen molar-refractivity contribution in [2.24, 2.45) is 5.92 Å². The molecule has 1 aromatic carbocycles. The molecule has 1 amide bonds. The Hall–Kier alpha value is -1.66. The minimum absolute atomic E-state index is 0.0434. The predicted octanol–water partition coefficient (Wildman–Crippen LogP) is 2.97. The molecule has 2 bridgehead atoms. The van der Waals surface area contributed by atoms with Gasteiger partial charge in [0.25, 0.3) is 5.91 Å². The Kier molecular flexibility index (Phi) is 4.65. The Morgan fingerprint density at radius 1 is 1.32 bits per heavy atom. The zero-order chi connectivity index (χ0) is 17.4. The molecular weight excluding hydrogens is 332 g/mol. The van der Waals surface area contributed by atoms with E-state index >= 15 is 0 Å². The molecule has 5 rings (SSSR count). The predicted molar refractivity (Wildman–Crippen MR) is 104 cm³/mol. The van der Waals surface area contributed by atoms with E-state index in [1.807, 2.05) is 0 Å². The van der Waals surface area contributed by atoms with Crippen molar-refractivity contribution in [1.29, 1.82) is 0 Å². The summed E-state index contributed by atoms with van der Waals surface area (Å²) in [6.45, 7) is 9.63. The summed E-state index contributed by atoms with van der Waals surface area (Å²) in [5.74, 6) is 0.684.